The van der Waals surface area contributed by atoms with Crippen LogP contribution in [0, 0.1) is 17.8 Å². The summed E-state index contributed by atoms with van der Waals surface area (Å²) in [7, 11) is 0. The lowest BCUT2D eigenvalue weighted by molar-refractivity contribution is -0.0174. The number of rotatable bonds is 3. The van der Waals surface area contributed by atoms with E-state index in [0.717, 1.165) is 6.42 Å². The molecule has 0 radical (unpaired) electrons. The monoisotopic (exact) mass is 260 g/mol. The van der Waals surface area contributed by atoms with Gasteiger partial charge in [-0.05, 0) is 42.7 Å². The lowest BCUT2D eigenvalue weighted by atomic mass is 9.75. The molecule has 1 fully saturated rings. The van der Waals surface area contributed by atoms with E-state index in [-0.39, 0.29) is 12.1 Å². The van der Waals surface area contributed by atoms with Crippen molar-refractivity contribution < 1.29 is 9.53 Å². The van der Waals surface area contributed by atoms with Gasteiger partial charge in [-0.1, -0.05) is 45.4 Å². The molecular formula is C17H24O2. The second-order valence-electron chi connectivity index (χ2n) is 6.14. The maximum Gasteiger partial charge on any atom is 0.338 e. The summed E-state index contributed by atoms with van der Waals surface area (Å²) in [6.07, 6.45) is 3.51. The van der Waals surface area contributed by atoms with Gasteiger partial charge in [-0.2, -0.15) is 0 Å². The first-order valence-electron chi connectivity index (χ1n) is 7.34. The highest BCUT2D eigenvalue weighted by molar-refractivity contribution is 5.89. The lowest BCUT2D eigenvalue weighted by Crippen LogP contribution is -2.35. The summed E-state index contributed by atoms with van der Waals surface area (Å²) < 4.78 is 5.78. The van der Waals surface area contributed by atoms with E-state index in [1.165, 1.54) is 12.8 Å². The van der Waals surface area contributed by atoms with Gasteiger partial charge in [0.2, 0.25) is 0 Å². The molecule has 0 heterocycles. The summed E-state index contributed by atoms with van der Waals surface area (Å²) >= 11 is 0. The van der Waals surface area contributed by atoms with Gasteiger partial charge < -0.3 is 4.74 Å². The molecule has 0 bridgehead atoms. The van der Waals surface area contributed by atoms with E-state index < -0.39 is 0 Å². The molecule has 3 atom stereocenters. The molecule has 0 aromatic heterocycles. The molecule has 0 saturated heterocycles. The fourth-order valence-electron chi connectivity index (χ4n) is 3.03. The predicted octanol–water partition coefficient (Wildman–Crippen LogP) is 4.30. The van der Waals surface area contributed by atoms with Gasteiger partial charge in [0, 0.05) is 0 Å². The predicted molar refractivity (Wildman–Crippen MR) is 77.0 cm³/mol. The molecule has 1 aliphatic rings. The van der Waals surface area contributed by atoms with E-state index in [4.69, 9.17) is 4.74 Å². The van der Waals surface area contributed by atoms with Crippen molar-refractivity contribution in [3.63, 3.8) is 0 Å². The quantitative estimate of drug-likeness (QED) is 0.757. The fourth-order valence-corrected chi connectivity index (χ4v) is 3.03. The number of ether oxygens (including phenoxy) is 1. The number of carbonyl (C=O) groups is 1. The van der Waals surface area contributed by atoms with Crippen molar-refractivity contribution in [1.82, 2.24) is 0 Å². The van der Waals surface area contributed by atoms with Gasteiger partial charge in [-0.15, -0.1) is 0 Å². The van der Waals surface area contributed by atoms with Crippen LogP contribution in [0.15, 0.2) is 30.3 Å². The van der Waals surface area contributed by atoms with E-state index in [9.17, 15) is 4.79 Å². The van der Waals surface area contributed by atoms with E-state index in [1.807, 2.05) is 30.3 Å². The zero-order valence-corrected chi connectivity index (χ0v) is 12.1. The van der Waals surface area contributed by atoms with Crippen LogP contribution in [0.1, 0.15) is 50.4 Å². The maximum atomic E-state index is 12.2. The summed E-state index contributed by atoms with van der Waals surface area (Å²) in [6, 6.07) is 9.30. The summed E-state index contributed by atoms with van der Waals surface area (Å²) in [5, 5.41) is 0. The molecule has 2 nitrogen and oxygen atoms in total. The van der Waals surface area contributed by atoms with Gasteiger partial charge in [0.1, 0.15) is 6.10 Å². The molecular weight excluding hydrogens is 236 g/mol. The fraction of sp³-hybridized carbons (Fsp3) is 0.588. The molecule has 19 heavy (non-hydrogen) atoms. The largest absolute Gasteiger partial charge is 0.458 e. The number of hydrogen-bond acceptors (Lipinski definition) is 2. The highest BCUT2D eigenvalue weighted by Gasteiger charge is 2.33. The Labute approximate surface area is 116 Å². The molecule has 1 aromatic rings. The molecule has 0 unspecified atom stereocenters. The van der Waals surface area contributed by atoms with Gasteiger partial charge in [0.15, 0.2) is 0 Å². The highest BCUT2D eigenvalue weighted by atomic mass is 16.5. The molecule has 0 amide bonds. The van der Waals surface area contributed by atoms with Crippen LogP contribution in [-0.4, -0.2) is 12.1 Å². The Hall–Kier alpha value is -1.31. The van der Waals surface area contributed by atoms with Crippen molar-refractivity contribution >= 4 is 5.97 Å². The lowest BCUT2D eigenvalue weighted by Gasteiger charge is -2.36. The Morgan fingerprint density at radius 3 is 2.53 bits per heavy atom. The minimum absolute atomic E-state index is 0.0801. The van der Waals surface area contributed by atoms with Crippen LogP contribution in [0.5, 0.6) is 0 Å². The Kier molecular flexibility index (Phi) is 4.62. The topological polar surface area (TPSA) is 26.3 Å². The zero-order valence-electron chi connectivity index (χ0n) is 12.1. The molecule has 2 heteroatoms. The molecule has 0 N–H and O–H groups in total. The molecule has 104 valence electrons. The Balaban J connectivity index is 2.04. The summed E-state index contributed by atoms with van der Waals surface area (Å²) in [6.45, 7) is 6.70. The number of carbonyl (C=O) groups excluding carboxylic acids is 1. The van der Waals surface area contributed by atoms with Crippen molar-refractivity contribution in [3.05, 3.63) is 35.9 Å². The van der Waals surface area contributed by atoms with Crippen LogP contribution in [0.25, 0.3) is 0 Å². The molecule has 0 spiro atoms. The standard InChI is InChI=1S/C17H24O2/c1-12(2)15-10-9-13(3)11-16(15)19-17(18)14-7-5-4-6-8-14/h4-8,12-13,15-16H,9-11H2,1-3H3/t13-,15+,16-/m0/s1. The number of hydrogen-bond donors (Lipinski definition) is 0. The Morgan fingerprint density at radius 2 is 1.89 bits per heavy atom. The maximum absolute atomic E-state index is 12.2. The normalized spacial score (nSPS) is 27.3. The first kappa shape index (κ1) is 14.1. The number of esters is 1. The van der Waals surface area contributed by atoms with Crippen molar-refractivity contribution in [2.24, 2.45) is 17.8 Å². The van der Waals surface area contributed by atoms with Crippen molar-refractivity contribution in [2.45, 2.75) is 46.1 Å². The molecule has 0 aliphatic heterocycles. The highest BCUT2D eigenvalue weighted by Crippen LogP contribution is 2.35. The SMILES string of the molecule is CC(C)[C@H]1CC[C@H](C)C[C@@H]1OC(=O)c1ccccc1. The van der Waals surface area contributed by atoms with Crippen LogP contribution >= 0.6 is 0 Å². The molecule has 1 saturated carbocycles. The summed E-state index contributed by atoms with van der Waals surface area (Å²) in [5.74, 6) is 1.55. The van der Waals surface area contributed by atoms with Gasteiger partial charge in [0.25, 0.3) is 0 Å². The number of benzene rings is 1. The van der Waals surface area contributed by atoms with Crippen LogP contribution in [0.2, 0.25) is 0 Å². The molecule has 2 rings (SSSR count). The first-order valence-corrected chi connectivity index (χ1v) is 7.34. The van der Waals surface area contributed by atoms with Gasteiger partial charge in [-0.25, -0.2) is 4.79 Å². The third kappa shape index (κ3) is 3.59. The van der Waals surface area contributed by atoms with E-state index in [0.29, 0.717) is 23.3 Å². The Bertz CT molecular complexity index is 411. The van der Waals surface area contributed by atoms with Crippen molar-refractivity contribution in [1.29, 1.82) is 0 Å². The molecule has 1 aliphatic carbocycles. The van der Waals surface area contributed by atoms with Gasteiger partial charge >= 0.3 is 5.97 Å². The minimum Gasteiger partial charge on any atom is -0.458 e. The van der Waals surface area contributed by atoms with Crippen LogP contribution in [0.4, 0.5) is 0 Å². The van der Waals surface area contributed by atoms with Crippen LogP contribution in [0.3, 0.4) is 0 Å². The zero-order chi connectivity index (χ0) is 13.8. The van der Waals surface area contributed by atoms with Crippen molar-refractivity contribution in [2.75, 3.05) is 0 Å². The summed E-state index contributed by atoms with van der Waals surface area (Å²) in [4.78, 5) is 12.2. The van der Waals surface area contributed by atoms with E-state index in [2.05, 4.69) is 20.8 Å². The van der Waals surface area contributed by atoms with Gasteiger partial charge in [0.05, 0.1) is 5.56 Å². The van der Waals surface area contributed by atoms with Crippen LogP contribution < -0.4 is 0 Å². The Morgan fingerprint density at radius 1 is 1.21 bits per heavy atom. The van der Waals surface area contributed by atoms with E-state index >= 15 is 0 Å². The first-order chi connectivity index (χ1) is 9.08. The van der Waals surface area contributed by atoms with E-state index in [1.54, 1.807) is 0 Å². The average molecular weight is 260 g/mol. The van der Waals surface area contributed by atoms with Gasteiger partial charge in [-0.3, -0.25) is 0 Å². The van der Waals surface area contributed by atoms with Crippen LogP contribution in [-0.2, 0) is 4.74 Å². The third-order valence-corrected chi connectivity index (χ3v) is 4.23. The summed E-state index contributed by atoms with van der Waals surface area (Å²) in [5.41, 5.74) is 0.656. The molecule has 1 aromatic carbocycles. The van der Waals surface area contributed by atoms with Crippen molar-refractivity contribution in [3.8, 4) is 0 Å². The second kappa shape index (κ2) is 6.23. The average Bonchev–Trinajstić information content (AvgIpc) is 2.39. The second-order valence-corrected chi connectivity index (χ2v) is 6.14. The smallest absolute Gasteiger partial charge is 0.338 e. The minimum atomic E-state index is -0.176. The third-order valence-electron chi connectivity index (χ3n) is 4.23.